The van der Waals surface area contributed by atoms with Crippen LogP contribution in [0.25, 0.3) is 76.9 Å². The highest BCUT2D eigenvalue weighted by molar-refractivity contribution is 6.15. The van der Waals surface area contributed by atoms with Gasteiger partial charge >= 0.3 is 0 Å². The van der Waals surface area contributed by atoms with Gasteiger partial charge in [-0.15, -0.1) is 0 Å². The molecule has 9 aromatic carbocycles. The van der Waals surface area contributed by atoms with Crippen molar-refractivity contribution in [2.45, 2.75) is 0 Å². The zero-order chi connectivity index (χ0) is 34.4. The first-order valence-corrected chi connectivity index (χ1v) is 17.8. The van der Waals surface area contributed by atoms with Crippen molar-refractivity contribution in [1.29, 1.82) is 0 Å². The lowest BCUT2D eigenvalue weighted by molar-refractivity contribution is 0.672. The highest BCUT2D eigenvalue weighted by Crippen LogP contribution is 2.45. The van der Waals surface area contributed by atoms with Crippen LogP contribution in [0.3, 0.4) is 0 Å². The van der Waals surface area contributed by atoms with E-state index in [1.165, 1.54) is 38.4 Å². The predicted molar refractivity (Wildman–Crippen MR) is 220 cm³/mol. The number of nitrogens with zero attached hydrogens (tertiary/aromatic N) is 1. The van der Waals surface area contributed by atoms with E-state index in [-0.39, 0.29) is 0 Å². The minimum absolute atomic E-state index is 0.894. The van der Waals surface area contributed by atoms with Crippen LogP contribution in [0.15, 0.2) is 205 Å². The van der Waals surface area contributed by atoms with Gasteiger partial charge in [0.2, 0.25) is 0 Å². The summed E-state index contributed by atoms with van der Waals surface area (Å²) in [6.45, 7) is 0. The van der Waals surface area contributed by atoms with E-state index in [1.54, 1.807) is 0 Å². The van der Waals surface area contributed by atoms with E-state index in [9.17, 15) is 0 Å². The molecule has 52 heavy (non-hydrogen) atoms. The maximum absolute atomic E-state index is 6.49. The van der Waals surface area contributed by atoms with Gasteiger partial charge in [0.1, 0.15) is 11.2 Å². The van der Waals surface area contributed by atoms with Crippen LogP contribution in [0.2, 0.25) is 0 Å². The van der Waals surface area contributed by atoms with Crippen molar-refractivity contribution in [3.63, 3.8) is 0 Å². The summed E-state index contributed by atoms with van der Waals surface area (Å²) in [6.07, 6.45) is 0. The van der Waals surface area contributed by atoms with Crippen molar-refractivity contribution in [3.05, 3.63) is 200 Å². The summed E-state index contributed by atoms with van der Waals surface area (Å²) >= 11 is 0. The number of para-hydroxylation sites is 1. The highest BCUT2D eigenvalue weighted by Gasteiger charge is 2.20. The van der Waals surface area contributed by atoms with E-state index >= 15 is 0 Å². The number of hydrogen-bond donors (Lipinski definition) is 0. The average Bonchev–Trinajstić information content (AvgIpc) is 3.61. The quantitative estimate of drug-likeness (QED) is 0.176. The lowest BCUT2D eigenvalue weighted by Gasteiger charge is -2.29. The predicted octanol–water partition coefficient (Wildman–Crippen LogP) is 14.4. The van der Waals surface area contributed by atoms with Crippen LogP contribution in [-0.4, -0.2) is 0 Å². The summed E-state index contributed by atoms with van der Waals surface area (Å²) in [5.41, 5.74) is 12.3. The molecule has 0 saturated carbocycles. The van der Waals surface area contributed by atoms with Gasteiger partial charge < -0.3 is 9.32 Å². The minimum Gasteiger partial charge on any atom is -0.455 e. The lowest BCUT2D eigenvalue weighted by Crippen LogP contribution is -2.11. The van der Waals surface area contributed by atoms with Crippen LogP contribution < -0.4 is 4.90 Å². The zero-order valence-electron chi connectivity index (χ0n) is 28.4. The van der Waals surface area contributed by atoms with Crippen LogP contribution >= 0.6 is 0 Å². The van der Waals surface area contributed by atoms with Gasteiger partial charge in [-0.25, -0.2) is 0 Å². The Kier molecular flexibility index (Phi) is 7.18. The lowest BCUT2D eigenvalue weighted by atomic mass is 9.98. The number of furan rings is 1. The molecule has 2 heteroatoms. The van der Waals surface area contributed by atoms with Crippen molar-refractivity contribution < 1.29 is 4.42 Å². The SMILES string of the molecule is c1ccc(-c2ccc(-c3ccc(N(c4ccccc4-c4ccc5oc6c7ccccc7ccc6c5c4)c4cccc5ccccc45)cc3)cc2)cc1. The van der Waals surface area contributed by atoms with Crippen molar-refractivity contribution in [3.8, 4) is 33.4 Å². The number of hydrogen-bond acceptors (Lipinski definition) is 2. The molecule has 10 aromatic rings. The van der Waals surface area contributed by atoms with Crippen LogP contribution in [0, 0.1) is 0 Å². The fourth-order valence-electron chi connectivity index (χ4n) is 7.68. The number of rotatable bonds is 6. The number of fused-ring (bicyclic) bond motifs is 6. The Morgan fingerprint density at radius 1 is 0.327 bits per heavy atom. The topological polar surface area (TPSA) is 16.4 Å². The molecule has 0 aliphatic rings. The fourth-order valence-corrected chi connectivity index (χ4v) is 7.68. The molecule has 1 heterocycles. The third-order valence-corrected chi connectivity index (χ3v) is 10.3. The average molecular weight is 664 g/mol. The molecule has 0 aliphatic carbocycles. The Bertz CT molecular complexity index is 2880. The maximum Gasteiger partial charge on any atom is 0.143 e. The molecule has 0 radical (unpaired) electrons. The van der Waals surface area contributed by atoms with Crippen LogP contribution in [0.4, 0.5) is 17.1 Å². The fraction of sp³-hybridized carbons (Fsp3) is 0. The van der Waals surface area contributed by atoms with Gasteiger partial charge in [-0.05, 0) is 81.1 Å². The Morgan fingerprint density at radius 3 is 1.65 bits per heavy atom. The molecule has 0 bridgehead atoms. The molecule has 244 valence electrons. The molecular formula is C50H33NO. The largest absolute Gasteiger partial charge is 0.455 e. The van der Waals surface area contributed by atoms with Gasteiger partial charge in [-0.1, -0.05) is 158 Å². The van der Waals surface area contributed by atoms with Crippen LogP contribution in [-0.2, 0) is 0 Å². The second-order valence-electron chi connectivity index (χ2n) is 13.3. The Hall–Kier alpha value is -6.90. The van der Waals surface area contributed by atoms with E-state index in [4.69, 9.17) is 4.42 Å². The number of benzene rings is 9. The van der Waals surface area contributed by atoms with Gasteiger partial charge in [-0.2, -0.15) is 0 Å². The molecule has 0 spiro atoms. The van der Waals surface area contributed by atoms with Gasteiger partial charge in [0.25, 0.3) is 0 Å². The van der Waals surface area contributed by atoms with Crippen molar-refractivity contribution >= 4 is 60.5 Å². The molecule has 0 unspecified atom stereocenters. The zero-order valence-corrected chi connectivity index (χ0v) is 28.4. The monoisotopic (exact) mass is 663 g/mol. The molecular weight excluding hydrogens is 631 g/mol. The normalized spacial score (nSPS) is 11.5. The van der Waals surface area contributed by atoms with Crippen LogP contribution in [0.1, 0.15) is 0 Å². The summed E-state index contributed by atoms with van der Waals surface area (Å²) in [4.78, 5) is 2.41. The first-order chi connectivity index (χ1) is 25.8. The second kappa shape index (κ2) is 12.5. The standard InChI is InChI=1S/C50H33NO/c1-2-11-34(12-3-1)35-21-23-36(24-22-35)37-25-29-41(30-26-37)51(48-20-10-15-38-13-4-6-16-42(38)48)47-19-9-8-17-43(47)40-28-32-49-46(33-40)45-31-27-39-14-5-7-18-44(39)50(45)52-49/h1-33H. The molecule has 10 rings (SSSR count). The maximum atomic E-state index is 6.49. The van der Waals surface area contributed by atoms with Crippen LogP contribution in [0.5, 0.6) is 0 Å². The molecule has 0 atom stereocenters. The van der Waals surface area contributed by atoms with Gasteiger partial charge in [-0.3, -0.25) is 0 Å². The first kappa shape index (κ1) is 30.0. The van der Waals surface area contributed by atoms with E-state index in [2.05, 4.69) is 205 Å². The summed E-state index contributed by atoms with van der Waals surface area (Å²) in [5.74, 6) is 0. The molecule has 0 amide bonds. The van der Waals surface area contributed by atoms with Crippen molar-refractivity contribution in [1.82, 2.24) is 0 Å². The molecule has 0 aliphatic heterocycles. The summed E-state index contributed by atoms with van der Waals surface area (Å²) in [7, 11) is 0. The molecule has 0 N–H and O–H groups in total. The minimum atomic E-state index is 0.894. The third kappa shape index (κ3) is 5.12. The molecule has 0 saturated heterocycles. The number of anilines is 3. The molecule has 1 aromatic heterocycles. The van der Waals surface area contributed by atoms with E-state index in [1.807, 2.05) is 0 Å². The van der Waals surface area contributed by atoms with Gasteiger partial charge in [0.15, 0.2) is 0 Å². The van der Waals surface area contributed by atoms with Gasteiger partial charge in [0.05, 0.1) is 11.4 Å². The Labute approximate surface area is 302 Å². The van der Waals surface area contributed by atoms with E-state index in [0.29, 0.717) is 0 Å². The van der Waals surface area contributed by atoms with Crippen molar-refractivity contribution in [2.75, 3.05) is 4.90 Å². The Morgan fingerprint density at radius 2 is 0.885 bits per heavy atom. The highest BCUT2D eigenvalue weighted by atomic mass is 16.3. The van der Waals surface area contributed by atoms with E-state index in [0.717, 1.165) is 55.5 Å². The first-order valence-electron chi connectivity index (χ1n) is 17.8. The smallest absolute Gasteiger partial charge is 0.143 e. The summed E-state index contributed by atoms with van der Waals surface area (Å²) < 4.78 is 6.49. The third-order valence-electron chi connectivity index (χ3n) is 10.3. The Balaban J connectivity index is 1.11. The molecule has 0 fully saturated rings. The summed E-state index contributed by atoms with van der Waals surface area (Å²) in [5, 5.41) is 6.97. The van der Waals surface area contributed by atoms with Gasteiger partial charge in [0, 0.05) is 32.8 Å². The van der Waals surface area contributed by atoms with Crippen molar-refractivity contribution in [2.24, 2.45) is 0 Å². The summed E-state index contributed by atoms with van der Waals surface area (Å²) in [6, 6.07) is 71.7. The van der Waals surface area contributed by atoms with E-state index < -0.39 is 0 Å². The second-order valence-corrected chi connectivity index (χ2v) is 13.3. The molecule has 2 nitrogen and oxygen atoms in total.